The summed E-state index contributed by atoms with van der Waals surface area (Å²) in [5, 5.41) is 9.86. The highest BCUT2D eigenvalue weighted by molar-refractivity contribution is 6.21. The lowest BCUT2D eigenvalue weighted by Crippen LogP contribution is -2.17. The number of carbonyl (C=O) groups is 1. The summed E-state index contributed by atoms with van der Waals surface area (Å²) in [6.45, 7) is 0. The number of hydrogen-bond donors (Lipinski definition) is 1. The van der Waals surface area contributed by atoms with Crippen LogP contribution in [0.1, 0.15) is 33.0 Å². The van der Waals surface area contributed by atoms with Crippen LogP contribution in [0.3, 0.4) is 0 Å². The number of benzene rings is 3. The van der Waals surface area contributed by atoms with Crippen LogP contribution in [0.4, 0.5) is 4.39 Å². The molecule has 1 unspecified atom stereocenters. The molecule has 1 N–H and O–H groups in total. The SMILES string of the molecule is O=C1C2=C(Oc3cc(O)ccc3C2c2ccc(F)cc2)c2ccccc21. The summed E-state index contributed by atoms with van der Waals surface area (Å²) in [5.74, 6) is 0.310. The Morgan fingerprint density at radius 1 is 0.923 bits per heavy atom. The van der Waals surface area contributed by atoms with E-state index in [1.165, 1.54) is 12.1 Å². The van der Waals surface area contributed by atoms with Crippen molar-refractivity contribution in [1.29, 1.82) is 0 Å². The maximum atomic E-state index is 13.4. The highest BCUT2D eigenvalue weighted by Gasteiger charge is 2.41. The Labute approximate surface area is 149 Å². The van der Waals surface area contributed by atoms with Gasteiger partial charge >= 0.3 is 0 Å². The number of phenolic OH excluding ortho intramolecular Hbond substituents is 1. The molecule has 3 aromatic carbocycles. The lowest BCUT2D eigenvalue weighted by atomic mass is 9.81. The van der Waals surface area contributed by atoms with Crippen molar-refractivity contribution in [2.24, 2.45) is 0 Å². The standard InChI is InChI=1S/C22H13FO3/c23-13-7-5-12(6-8-13)19-17-10-9-14(24)11-18(17)26-22-16-4-2-1-3-15(16)21(25)20(19)22/h1-11,19,24H. The van der Waals surface area contributed by atoms with E-state index < -0.39 is 0 Å². The number of allylic oxidation sites excluding steroid dienone is 1. The summed E-state index contributed by atoms with van der Waals surface area (Å²) < 4.78 is 19.5. The van der Waals surface area contributed by atoms with Crippen LogP contribution < -0.4 is 4.74 Å². The predicted molar refractivity (Wildman–Crippen MR) is 94.7 cm³/mol. The molecule has 0 saturated carbocycles. The summed E-state index contributed by atoms with van der Waals surface area (Å²) in [5.41, 5.74) is 3.47. The molecule has 0 bridgehead atoms. The maximum Gasteiger partial charge on any atom is 0.194 e. The summed E-state index contributed by atoms with van der Waals surface area (Å²) in [6.07, 6.45) is 0. The van der Waals surface area contributed by atoms with E-state index in [2.05, 4.69) is 0 Å². The van der Waals surface area contributed by atoms with E-state index in [1.807, 2.05) is 18.2 Å². The van der Waals surface area contributed by atoms with Crippen molar-refractivity contribution in [3.63, 3.8) is 0 Å². The van der Waals surface area contributed by atoms with Gasteiger partial charge in [0.25, 0.3) is 0 Å². The molecule has 26 heavy (non-hydrogen) atoms. The fraction of sp³-hybridized carbons (Fsp3) is 0.0455. The first-order valence-electron chi connectivity index (χ1n) is 8.28. The van der Waals surface area contributed by atoms with Gasteiger partial charge in [-0.05, 0) is 23.8 Å². The van der Waals surface area contributed by atoms with Crippen LogP contribution in [0.5, 0.6) is 11.5 Å². The molecule has 5 rings (SSSR count). The zero-order valence-electron chi connectivity index (χ0n) is 13.6. The molecule has 3 aromatic rings. The summed E-state index contributed by atoms with van der Waals surface area (Å²) in [4.78, 5) is 13.1. The lowest BCUT2D eigenvalue weighted by Gasteiger charge is -2.27. The highest BCUT2D eigenvalue weighted by atomic mass is 19.1. The van der Waals surface area contributed by atoms with Gasteiger partial charge in [0, 0.05) is 28.7 Å². The molecule has 4 heteroatoms. The van der Waals surface area contributed by atoms with Crippen LogP contribution in [0, 0.1) is 5.82 Å². The maximum absolute atomic E-state index is 13.4. The van der Waals surface area contributed by atoms with E-state index in [4.69, 9.17) is 4.74 Å². The second kappa shape index (κ2) is 5.30. The number of rotatable bonds is 1. The van der Waals surface area contributed by atoms with Gasteiger partial charge in [0.2, 0.25) is 0 Å². The van der Waals surface area contributed by atoms with Gasteiger partial charge in [0.05, 0.1) is 5.57 Å². The highest BCUT2D eigenvalue weighted by Crippen LogP contribution is 2.50. The van der Waals surface area contributed by atoms with Crippen molar-refractivity contribution < 1.29 is 19.0 Å². The van der Waals surface area contributed by atoms with Crippen molar-refractivity contribution in [2.45, 2.75) is 5.92 Å². The van der Waals surface area contributed by atoms with E-state index in [1.54, 1.807) is 36.4 Å². The smallest absolute Gasteiger partial charge is 0.194 e. The molecule has 126 valence electrons. The topological polar surface area (TPSA) is 46.5 Å². The number of fused-ring (bicyclic) bond motifs is 3. The predicted octanol–water partition coefficient (Wildman–Crippen LogP) is 4.66. The first-order chi connectivity index (χ1) is 12.6. The zero-order valence-corrected chi connectivity index (χ0v) is 13.6. The van der Waals surface area contributed by atoms with E-state index >= 15 is 0 Å². The quantitative estimate of drug-likeness (QED) is 0.698. The molecule has 1 heterocycles. The van der Waals surface area contributed by atoms with Crippen molar-refractivity contribution in [3.05, 3.63) is 100 Å². The normalized spacial score (nSPS) is 17.4. The van der Waals surface area contributed by atoms with Gasteiger partial charge in [-0.3, -0.25) is 4.79 Å². The van der Waals surface area contributed by atoms with E-state index in [0.717, 1.165) is 16.7 Å². The van der Waals surface area contributed by atoms with Crippen LogP contribution in [-0.2, 0) is 0 Å². The molecule has 1 atom stereocenters. The van der Waals surface area contributed by atoms with Crippen molar-refractivity contribution >= 4 is 11.5 Å². The summed E-state index contributed by atoms with van der Waals surface area (Å²) in [6, 6.07) is 18.3. The van der Waals surface area contributed by atoms with Gasteiger partial charge < -0.3 is 9.84 Å². The molecule has 1 aliphatic carbocycles. The molecule has 0 amide bonds. The van der Waals surface area contributed by atoms with Crippen molar-refractivity contribution in [1.82, 2.24) is 0 Å². The Morgan fingerprint density at radius 3 is 2.42 bits per heavy atom. The van der Waals surface area contributed by atoms with Crippen LogP contribution in [0.25, 0.3) is 5.76 Å². The minimum absolute atomic E-state index is 0.0800. The first kappa shape index (κ1) is 14.9. The number of ether oxygens (including phenoxy) is 1. The van der Waals surface area contributed by atoms with Crippen molar-refractivity contribution in [3.8, 4) is 11.5 Å². The van der Waals surface area contributed by atoms with Crippen LogP contribution in [0.2, 0.25) is 0 Å². The number of carbonyl (C=O) groups excluding carboxylic acids is 1. The zero-order chi connectivity index (χ0) is 17.8. The van der Waals surface area contributed by atoms with Gasteiger partial charge in [0.1, 0.15) is 23.1 Å². The molecule has 2 aliphatic rings. The van der Waals surface area contributed by atoms with Gasteiger partial charge in [-0.15, -0.1) is 0 Å². The minimum atomic E-state index is -0.380. The number of halogens is 1. The Balaban J connectivity index is 1.78. The van der Waals surface area contributed by atoms with Crippen LogP contribution >= 0.6 is 0 Å². The number of hydrogen-bond acceptors (Lipinski definition) is 3. The second-order valence-electron chi connectivity index (χ2n) is 6.43. The monoisotopic (exact) mass is 344 g/mol. The molecule has 1 aliphatic heterocycles. The molecule has 0 aromatic heterocycles. The van der Waals surface area contributed by atoms with Gasteiger partial charge in [-0.2, -0.15) is 0 Å². The number of ketones is 1. The number of phenols is 1. The lowest BCUT2D eigenvalue weighted by molar-refractivity contribution is 0.103. The average Bonchev–Trinajstić information content (AvgIpc) is 2.93. The third-order valence-corrected chi connectivity index (χ3v) is 4.92. The fourth-order valence-electron chi connectivity index (χ4n) is 3.76. The third kappa shape index (κ3) is 2.02. The van der Waals surface area contributed by atoms with Gasteiger partial charge in [-0.1, -0.05) is 42.5 Å². The molecule has 3 nitrogen and oxygen atoms in total. The Bertz CT molecular complexity index is 1100. The Hall–Kier alpha value is -3.40. The number of Topliss-reactive ketones (excluding diaryl/α,β-unsaturated/α-hetero) is 1. The van der Waals surface area contributed by atoms with Crippen LogP contribution in [0.15, 0.2) is 72.3 Å². The van der Waals surface area contributed by atoms with Gasteiger partial charge in [-0.25, -0.2) is 4.39 Å². The molecular formula is C22H13FO3. The molecule has 0 spiro atoms. The van der Waals surface area contributed by atoms with Crippen LogP contribution in [-0.4, -0.2) is 10.9 Å². The van der Waals surface area contributed by atoms with Gasteiger partial charge in [0.15, 0.2) is 5.78 Å². The Morgan fingerprint density at radius 2 is 1.65 bits per heavy atom. The fourth-order valence-corrected chi connectivity index (χ4v) is 3.76. The van der Waals surface area contributed by atoms with E-state index in [-0.39, 0.29) is 23.3 Å². The molecule has 0 radical (unpaired) electrons. The number of aromatic hydroxyl groups is 1. The average molecular weight is 344 g/mol. The molecule has 0 fully saturated rings. The summed E-state index contributed by atoms with van der Waals surface area (Å²) >= 11 is 0. The third-order valence-electron chi connectivity index (χ3n) is 4.92. The second-order valence-corrected chi connectivity index (χ2v) is 6.43. The Kier molecular flexibility index (Phi) is 3.04. The largest absolute Gasteiger partial charge is 0.508 e. The molecular weight excluding hydrogens is 331 g/mol. The van der Waals surface area contributed by atoms with E-state index in [9.17, 15) is 14.3 Å². The minimum Gasteiger partial charge on any atom is -0.508 e. The van der Waals surface area contributed by atoms with E-state index in [0.29, 0.717) is 22.6 Å². The first-order valence-corrected chi connectivity index (χ1v) is 8.28. The van der Waals surface area contributed by atoms with Crippen molar-refractivity contribution in [2.75, 3.05) is 0 Å². The molecule has 0 saturated heterocycles. The summed E-state index contributed by atoms with van der Waals surface area (Å²) in [7, 11) is 0.